The number of nitrogens with zero attached hydrogens (tertiary/aromatic N) is 2. The Kier molecular flexibility index (Phi) is 2.07. The van der Waals surface area contributed by atoms with Crippen molar-refractivity contribution in [3.05, 3.63) is 18.3 Å². The monoisotopic (exact) mass is 219 g/mol. The molecule has 1 aliphatic carbocycles. The van der Waals surface area contributed by atoms with E-state index in [1.165, 1.54) is 12.8 Å². The number of anilines is 1. The maximum absolute atomic E-state index is 6.32. The molecule has 2 aliphatic rings. The Morgan fingerprint density at radius 1 is 1.50 bits per heavy atom. The van der Waals surface area contributed by atoms with Crippen LogP contribution < -0.4 is 15.4 Å². The first-order valence-electron chi connectivity index (χ1n) is 5.76. The summed E-state index contributed by atoms with van der Waals surface area (Å²) in [6.45, 7) is 1.82. The second-order valence-electron chi connectivity index (χ2n) is 4.89. The number of aromatic nitrogens is 1. The molecule has 0 radical (unpaired) electrons. The summed E-state index contributed by atoms with van der Waals surface area (Å²) >= 11 is 0. The molecule has 3 rings (SSSR count). The molecule has 0 atom stereocenters. The molecule has 1 aliphatic heterocycles. The largest absolute Gasteiger partial charge is 0.493 e. The highest BCUT2D eigenvalue weighted by atomic mass is 16.5. The molecule has 0 bridgehead atoms. The Morgan fingerprint density at radius 2 is 2.25 bits per heavy atom. The first-order valence-corrected chi connectivity index (χ1v) is 5.76. The summed E-state index contributed by atoms with van der Waals surface area (Å²) in [6.07, 6.45) is 4.39. The van der Waals surface area contributed by atoms with Gasteiger partial charge in [-0.15, -0.1) is 0 Å². The van der Waals surface area contributed by atoms with Crippen molar-refractivity contribution >= 4 is 5.82 Å². The maximum atomic E-state index is 6.32. The van der Waals surface area contributed by atoms with Gasteiger partial charge in [0.25, 0.3) is 0 Å². The summed E-state index contributed by atoms with van der Waals surface area (Å²) in [6, 6.07) is 3.83. The molecule has 2 N–H and O–H groups in total. The highest BCUT2D eigenvalue weighted by Crippen LogP contribution is 2.44. The minimum atomic E-state index is 0.0303. The molecule has 2 fully saturated rings. The van der Waals surface area contributed by atoms with E-state index in [2.05, 4.69) is 9.88 Å². The van der Waals surface area contributed by atoms with Gasteiger partial charge in [-0.2, -0.15) is 0 Å². The lowest BCUT2D eigenvalue weighted by molar-refractivity contribution is 0.285. The van der Waals surface area contributed by atoms with Gasteiger partial charge in [-0.05, 0) is 30.9 Å². The number of nitrogens with two attached hydrogens (primary N) is 1. The van der Waals surface area contributed by atoms with E-state index < -0.39 is 0 Å². The van der Waals surface area contributed by atoms with E-state index >= 15 is 0 Å². The van der Waals surface area contributed by atoms with E-state index in [1.807, 2.05) is 12.1 Å². The molecule has 0 unspecified atom stereocenters. The van der Waals surface area contributed by atoms with Gasteiger partial charge in [0.05, 0.1) is 12.6 Å². The third kappa shape index (κ3) is 1.45. The molecular weight excluding hydrogens is 202 g/mol. The minimum absolute atomic E-state index is 0.0303. The van der Waals surface area contributed by atoms with Crippen LogP contribution in [0.1, 0.15) is 12.8 Å². The average molecular weight is 219 g/mol. The third-order valence-electron chi connectivity index (χ3n) is 3.63. The van der Waals surface area contributed by atoms with Crippen molar-refractivity contribution in [2.75, 3.05) is 25.1 Å². The lowest BCUT2D eigenvalue weighted by Gasteiger charge is -2.49. The highest BCUT2D eigenvalue weighted by Gasteiger charge is 2.51. The summed E-state index contributed by atoms with van der Waals surface area (Å²) < 4.78 is 5.30. The average Bonchev–Trinajstić information content (AvgIpc) is 3.09. The van der Waals surface area contributed by atoms with Crippen molar-refractivity contribution in [2.45, 2.75) is 18.4 Å². The molecule has 16 heavy (non-hydrogen) atoms. The van der Waals surface area contributed by atoms with Gasteiger partial charge in [-0.3, -0.25) is 0 Å². The van der Waals surface area contributed by atoms with Gasteiger partial charge in [-0.1, -0.05) is 0 Å². The van der Waals surface area contributed by atoms with E-state index in [4.69, 9.17) is 10.5 Å². The van der Waals surface area contributed by atoms with Crippen LogP contribution in [0, 0.1) is 5.92 Å². The molecule has 1 aromatic heterocycles. The van der Waals surface area contributed by atoms with Crippen LogP contribution in [-0.4, -0.2) is 30.7 Å². The second kappa shape index (κ2) is 3.35. The zero-order valence-electron chi connectivity index (χ0n) is 9.52. The smallest absolute Gasteiger partial charge is 0.171 e. The summed E-state index contributed by atoms with van der Waals surface area (Å²) in [5.41, 5.74) is 6.35. The predicted molar refractivity (Wildman–Crippen MR) is 62.6 cm³/mol. The van der Waals surface area contributed by atoms with E-state index in [9.17, 15) is 0 Å². The fraction of sp³-hybridized carbons (Fsp3) is 0.583. The Balaban J connectivity index is 1.75. The van der Waals surface area contributed by atoms with E-state index in [-0.39, 0.29) is 5.54 Å². The lowest BCUT2D eigenvalue weighted by atomic mass is 9.86. The van der Waals surface area contributed by atoms with Crippen LogP contribution in [-0.2, 0) is 0 Å². The molecule has 0 amide bonds. The van der Waals surface area contributed by atoms with Crippen molar-refractivity contribution < 1.29 is 4.74 Å². The van der Waals surface area contributed by atoms with Crippen molar-refractivity contribution in [1.29, 1.82) is 0 Å². The zero-order valence-corrected chi connectivity index (χ0v) is 9.52. The number of pyridine rings is 1. The fourth-order valence-corrected chi connectivity index (χ4v) is 2.51. The summed E-state index contributed by atoms with van der Waals surface area (Å²) in [4.78, 5) is 6.57. The maximum Gasteiger partial charge on any atom is 0.171 e. The van der Waals surface area contributed by atoms with Gasteiger partial charge in [-0.25, -0.2) is 4.98 Å². The van der Waals surface area contributed by atoms with Crippen molar-refractivity contribution in [2.24, 2.45) is 11.7 Å². The third-order valence-corrected chi connectivity index (χ3v) is 3.63. The van der Waals surface area contributed by atoms with Crippen molar-refractivity contribution in [1.82, 2.24) is 4.98 Å². The Labute approximate surface area is 95.4 Å². The van der Waals surface area contributed by atoms with Crippen LogP contribution in [0.5, 0.6) is 5.75 Å². The van der Waals surface area contributed by atoms with Crippen molar-refractivity contribution in [3.8, 4) is 5.75 Å². The summed E-state index contributed by atoms with van der Waals surface area (Å²) in [7, 11) is 1.68. The predicted octanol–water partition coefficient (Wildman–Crippen LogP) is 1.02. The van der Waals surface area contributed by atoms with Gasteiger partial charge in [0.1, 0.15) is 0 Å². The first kappa shape index (κ1) is 9.90. The molecule has 1 aromatic rings. The number of hydrogen-bond acceptors (Lipinski definition) is 4. The molecule has 0 spiro atoms. The number of methoxy groups -OCH3 is 1. The molecule has 1 saturated heterocycles. The van der Waals surface area contributed by atoms with Gasteiger partial charge in [0, 0.05) is 19.3 Å². The van der Waals surface area contributed by atoms with E-state index in [0.29, 0.717) is 0 Å². The highest BCUT2D eigenvalue weighted by molar-refractivity contribution is 5.55. The van der Waals surface area contributed by atoms with Crippen LogP contribution >= 0.6 is 0 Å². The second-order valence-corrected chi connectivity index (χ2v) is 4.89. The first-order chi connectivity index (χ1) is 7.73. The number of hydrogen-bond donors (Lipinski definition) is 1. The molecule has 86 valence electrons. The molecule has 2 heterocycles. The van der Waals surface area contributed by atoms with Gasteiger partial charge >= 0.3 is 0 Å². The van der Waals surface area contributed by atoms with Crippen molar-refractivity contribution in [3.63, 3.8) is 0 Å². The number of ether oxygens (including phenoxy) is 1. The van der Waals surface area contributed by atoms with Crippen LogP contribution in [0.25, 0.3) is 0 Å². The van der Waals surface area contributed by atoms with E-state index in [0.717, 1.165) is 30.6 Å². The Morgan fingerprint density at radius 3 is 2.88 bits per heavy atom. The van der Waals surface area contributed by atoms with E-state index in [1.54, 1.807) is 13.3 Å². The topological polar surface area (TPSA) is 51.4 Å². The zero-order chi connectivity index (χ0) is 11.2. The quantitative estimate of drug-likeness (QED) is 0.824. The number of rotatable bonds is 3. The standard InChI is InChI=1S/C12H17N3O/c1-16-10-3-2-6-14-11(10)15-7-12(13,8-15)9-4-5-9/h2-3,6,9H,4-5,7-8,13H2,1H3. The molecule has 0 aromatic carbocycles. The molecule has 4 nitrogen and oxygen atoms in total. The van der Waals surface area contributed by atoms with Gasteiger partial charge < -0.3 is 15.4 Å². The van der Waals surface area contributed by atoms with Gasteiger partial charge in [0.15, 0.2) is 11.6 Å². The van der Waals surface area contributed by atoms with Crippen LogP contribution in [0.4, 0.5) is 5.82 Å². The molecular formula is C12H17N3O. The van der Waals surface area contributed by atoms with Gasteiger partial charge in [0.2, 0.25) is 0 Å². The van der Waals surface area contributed by atoms with Crippen LogP contribution in [0.15, 0.2) is 18.3 Å². The lowest BCUT2D eigenvalue weighted by Crippen LogP contribution is -2.69. The molecule has 1 saturated carbocycles. The van der Waals surface area contributed by atoms with Crippen LogP contribution in [0.2, 0.25) is 0 Å². The summed E-state index contributed by atoms with van der Waals surface area (Å²) in [5, 5.41) is 0. The Hall–Kier alpha value is -1.29. The Bertz CT molecular complexity index is 397. The fourth-order valence-electron chi connectivity index (χ4n) is 2.51. The van der Waals surface area contributed by atoms with Crippen LogP contribution in [0.3, 0.4) is 0 Å². The summed E-state index contributed by atoms with van der Waals surface area (Å²) in [5.74, 6) is 2.49. The SMILES string of the molecule is COc1cccnc1N1CC(N)(C2CC2)C1. The minimum Gasteiger partial charge on any atom is -0.493 e. The normalized spacial score (nSPS) is 22.8. The molecule has 4 heteroatoms.